The molecule has 0 heterocycles. The minimum atomic E-state index is -4.31. The molecule has 0 spiro atoms. The molecule has 19 heavy (non-hydrogen) atoms. The molecule has 1 atom stereocenters. The Kier molecular flexibility index (Phi) is 5.87. The van der Waals surface area contributed by atoms with Gasteiger partial charge in [-0.1, -0.05) is 18.2 Å². The summed E-state index contributed by atoms with van der Waals surface area (Å²) >= 11 is 0. The van der Waals surface area contributed by atoms with Crippen LogP contribution in [0.3, 0.4) is 0 Å². The summed E-state index contributed by atoms with van der Waals surface area (Å²) in [4.78, 5) is 0. The van der Waals surface area contributed by atoms with E-state index in [1.807, 2.05) is 0 Å². The average Bonchev–Trinajstić information content (AvgIpc) is 2.37. The van der Waals surface area contributed by atoms with Crippen molar-refractivity contribution in [3.8, 4) is 12.3 Å². The van der Waals surface area contributed by atoms with Crippen LogP contribution in [0.4, 0.5) is 13.2 Å². The van der Waals surface area contributed by atoms with E-state index in [2.05, 4.69) is 11.3 Å². The van der Waals surface area contributed by atoms with E-state index in [1.165, 1.54) is 6.07 Å². The summed E-state index contributed by atoms with van der Waals surface area (Å²) < 4.78 is 37.7. The maximum absolute atomic E-state index is 12.6. The van der Waals surface area contributed by atoms with E-state index >= 15 is 0 Å². The van der Waals surface area contributed by atoms with Gasteiger partial charge in [-0.15, -0.1) is 12.3 Å². The van der Waals surface area contributed by atoms with Crippen molar-refractivity contribution >= 4 is 0 Å². The molecule has 0 aromatic heterocycles. The molecular formula is C14H17F3N2. The zero-order valence-corrected chi connectivity index (χ0v) is 10.5. The average molecular weight is 270 g/mol. The monoisotopic (exact) mass is 270 g/mol. The maximum atomic E-state index is 12.6. The molecule has 0 aliphatic carbocycles. The van der Waals surface area contributed by atoms with Crippen molar-refractivity contribution in [2.75, 3.05) is 0 Å². The molecule has 3 N–H and O–H groups in total. The number of nitrogens with two attached hydrogens (primary N) is 1. The molecule has 5 heteroatoms. The molecule has 0 amide bonds. The van der Waals surface area contributed by atoms with Gasteiger partial charge >= 0.3 is 6.18 Å². The zero-order valence-electron chi connectivity index (χ0n) is 10.5. The van der Waals surface area contributed by atoms with E-state index in [0.717, 1.165) is 25.0 Å². The molecule has 2 nitrogen and oxygen atoms in total. The molecule has 0 saturated heterocycles. The number of rotatable bonds is 6. The third-order valence-corrected chi connectivity index (χ3v) is 2.85. The minimum Gasteiger partial charge on any atom is -0.271 e. The third kappa shape index (κ3) is 5.33. The molecule has 0 bridgehead atoms. The summed E-state index contributed by atoms with van der Waals surface area (Å²) in [6, 6.07) is 5.23. The fourth-order valence-corrected chi connectivity index (χ4v) is 1.85. The van der Waals surface area contributed by atoms with Crippen LogP contribution in [0.1, 0.15) is 30.4 Å². The first-order valence-corrected chi connectivity index (χ1v) is 6.03. The molecule has 1 unspecified atom stereocenters. The topological polar surface area (TPSA) is 38.0 Å². The highest BCUT2D eigenvalue weighted by molar-refractivity contribution is 5.26. The first kappa shape index (κ1) is 15.5. The van der Waals surface area contributed by atoms with Gasteiger partial charge in [0.15, 0.2) is 0 Å². The van der Waals surface area contributed by atoms with Crippen LogP contribution in [0.25, 0.3) is 0 Å². The van der Waals surface area contributed by atoms with Crippen LogP contribution < -0.4 is 11.3 Å². The Hall–Kier alpha value is -1.51. The van der Waals surface area contributed by atoms with E-state index in [9.17, 15) is 13.2 Å². The van der Waals surface area contributed by atoms with Gasteiger partial charge in [-0.05, 0) is 30.9 Å². The largest absolute Gasteiger partial charge is 0.416 e. The lowest BCUT2D eigenvalue weighted by Crippen LogP contribution is -2.36. The summed E-state index contributed by atoms with van der Waals surface area (Å²) in [7, 11) is 0. The summed E-state index contributed by atoms with van der Waals surface area (Å²) in [5, 5.41) is 0. The van der Waals surface area contributed by atoms with Crippen LogP contribution in [0, 0.1) is 12.3 Å². The van der Waals surface area contributed by atoms with Crippen molar-refractivity contribution in [1.82, 2.24) is 5.43 Å². The van der Waals surface area contributed by atoms with Crippen molar-refractivity contribution < 1.29 is 13.2 Å². The van der Waals surface area contributed by atoms with Gasteiger partial charge in [0.1, 0.15) is 0 Å². The van der Waals surface area contributed by atoms with E-state index in [0.29, 0.717) is 18.4 Å². The number of hydrazine groups is 1. The molecular weight excluding hydrogens is 253 g/mol. The minimum absolute atomic E-state index is 0.0724. The van der Waals surface area contributed by atoms with Crippen molar-refractivity contribution in [2.24, 2.45) is 5.84 Å². The van der Waals surface area contributed by atoms with Crippen molar-refractivity contribution in [3.05, 3.63) is 35.4 Å². The quantitative estimate of drug-likeness (QED) is 0.361. The molecule has 0 radical (unpaired) electrons. The number of hydrogen-bond donors (Lipinski definition) is 2. The number of nitrogens with one attached hydrogen (secondary N) is 1. The summed E-state index contributed by atoms with van der Waals surface area (Å²) in [6.07, 6.45) is 3.45. The summed E-state index contributed by atoms with van der Waals surface area (Å²) in [5.74, 6) is 7.93. The number of halogens is 3. The van der Waals surface area contributed by atoms with Gasteiger partial charge in [-0.2, -0.15) is 13.2 Å². The predicted octanol–water partition coefficient (Wildman–Crippen LogP) is 2.88. The van der Waals surface area contributed by atoms with Crippen LogP contribution in [0.2, 0.25) is 0 Å². The second-order valence-electron chi connectivity index (χ2n) is 4.36. The lowest BCUT2D eigenvalue weighted by molar-refractivity contribution is -0.137. The molecule has 0 fully saturated rings. The molecule has 0 saturated carbocycles. The number of alkyl halides is 3. The Morgan fingerprint density at radius 3 is 2.68 bits per heavy atom. The Morgan fingerprint density at radius 1 is 1.37 bits per heavy atom. The predicted molar refractivity (Wildman–Crippen MR) is 68.9 cm³/mol. The first-order chi connectivity index (χ1) is 8.97. The Labute approximate surface area is 111 Å². The van der Waals surface area contributed by atoms with Crippen molar-refractivity contribution in [2.45, 2.75) is 37.9 Å². The smallest absolute Gasteiger partial charge is 0.271 e. The fourth-order valence-electron chi connectivity index (χ4n) is 1.85. The van der Waals surface area contributed by atoms with E-state index < -0.39 is 11.7 Å². The number of hydrogen-bond acceptors (Lipinski definition) is 2. The molecule has 1 aromatic rings. The second kappa shape index (κ2) is 7.17. The molecule has 1 rings (SSSR count). The van der Waals surface area contributed by atoms with Crippen LogP contribution in [-0.4, -0.2) is 6.04 Å². The number of terminal acetylenes is 1. The van der Waals surface area contributed by atoms with Gasteiger partial charge in [-0.25, -0.2) is 0 Å². The molecule has 1 aromatic carbocycles. The van der Waals surface area contributed by atoms with E-state index in [4.69, 9.17) is 12.3 Å². The normalized spacial score (nSPS) is 13.0. The molecule has 104 valence electrons. The van der Waals surface area contributed by atoms with Crippen molar-refractivity contribution in [3.63, 3.8) is 0 Å². The standard InChI is InChI=1S/C14H17F3N2/c1-2-3-4-8-13(19-18)10-11-6-5-7-12(9-11)14(15,16)17/h1,5-7,9,13,19H,3-4,8,10,18H2. The highest BCUT2D eigenvalue weighted by Crippen LogP contribution is 2.29. The number of unbranched alkanes of at least 4 members (excludes halogenated alkanes) is 1. The van der Waals surface area contributed by atoms with Gasteiger partial charge in [0.25, 0.3) is 0 Å². The zero-order chi connectivity index (χ0) is 14.3. The van der Waals surface area contributed by atoms with Gasteiger partial charge in [-0.3, -0.25) is 11.3 Å². The van der Waals surface area contributed by atoms with Crippen LogP contribution in [0.15, 0.2) is 24.3 Å². The van der Waals surface area contributed by atoms with Crippen LogP contribution >= 0.6 is 0 Å². The lowest BCUT2D eigenvalue weighted by Gasteiger charge is -2.16. The van der Waals surface area contributed by atoms with E-state index in [1.54, 1.807) is 6.07 Å². The van der Waals surface area contributed by atoms with Gasteiger partial charge in [0.2, 0.25) is 0 Å². The summed E-state index contributed by atoms with van der Waals surface area (Å²) in [5.41, 5.74) is 2.59. The first-order valence-electron chi connectivity index (χ1n) is 6.03. The van der Waals surface area contributed by atoms with Crippen LogP contribution in [-0.2, 0) is 12.6 Å². The summed E-state index contributed by atoms with van der Waals surface area (Å²) in [6.45, 7) is 0. The van der Waals surface area contributed by atoms with Gasteiger partial charge < -0.3 is 0 Å². The third-order valence-electron chi connectivity index (χ3n) is 2.85. The second-order valence-corrected chi connectivity index (χ2v) is 4.36. The highest BCUT2D eigenvalue weighted by Gasteiger charge is 2.30. The van der Waals surface area contributed by atoms with Crippen molar-refractivity contribution in [1.29, 1.82) is 0 Å². The molecule has 0 aliphatic heterocycles. The van der Waals surface area contributed by atoms with Gasteiger partial charge in [0.05, 0.1) is 5.56 Å². The van der Waals surface area contributed by atoms with Crippen LogP contribution in [0.5, 0.6) is 0 Å². The number of benzene rings is 1. The fraction of sp³-hybridized carbons (Fsp3) is 0.429. The highest BCUT2D eigenvalue weighted by atomic mass is 19.4. The van der Waals surface area contributed by atoms with Gasteiger partial charge in [0, 0.05) is 12.5 Å². The maximum Gasteiger partial charge on any atom is 0.416 e. The Bertz CT molecular complexity index is 435. The Morgan fingerprint density at radius 2 is 2.11 bits per heavy atom. The Balaban J connectivity index is 2.67. The lowest BCUT2D eigenvalue weighted by atomic mass is 10.00. The SMILES string of the molecule is C#CCCCC(Cc1cccc(C(F)(F)F)c1)NN. The molecule has 0 aliphatic rings. The van der Waals surface area contributed by atoms with E-state index in [-0.39, 0.29) is 6.04 Å².